The molecule has 0 radical (unpaired) electrons. The van der Waals surface area contributed by atoms with Gasteiger partial charge in [-0.05, 0) is 36.4 Å². The molecule has 8 nitrogen and oxygen atoms in total. The molecule has 0 atom stereocenters. The first-order valence-electron chi connectivity index (χ1n) is 10.3. The normalized spacial score (nSPS) is 13.6. The number of amides is 3. The Kier molecular flexibility index (Phi) is 6.59. The molecule has 0 aliphatic carbocycles. The summed E-state index contributed by atoms with van der Waals surface area (Å²) in [6, 6.07) is 18.5. The zero-order valence-corrected chi connectivity index (χ0v) is 17.2. The molecule has 0 bridgehead atoms. The minimum atomic E-state index is -0.321. The topological polar surface area (TPSA) is 88.5 Å². The number of carbonyl (C=O) groups is 2. The summed E-state index contributed by atoms with van der Waals surface area (Å²) in [6.07, 6.45) is 2.52. The molecule has 3 amide bonds. The van der Waals surface area contributed by atoms with Crippen LogP contribution in [0.25, 0.3) is 5.69 Å². The Labute approximate surface area is 180 Å². The van der Waals surface area contributed by atoms with Crippen molar-refractivity contribution in [2.24, 2.45) is 0 Å². The standard InChI is InChI=1S/C23H25N5O3/c29-22(27-13-15-31-16-14-27)18-5-4-6-20(17-18)25-23(30)24-11-9-19-10-12-28(26-19)21-7-2-1-3-8-21/h1-8,10,12,17H,9,11,13-16H2,(H2,24,25,30). The summed E-state index contributed by atoms with van der Waals surface area (Å²) in [4.78, 5) is 26.6. The van der Waals surface area contributed by atoms with Gasteiger partial charge in [0.1, 0.15) is 0 Å². The van der Waals surface area contributed by atoms with E-state index < -0.39 is 0 Å². The second kappa shape index (κ2) is 9.90. The van der Waals surface area contributed by atoms with Gasteiger partial charge in [0.05, 0.1) is 24.6 Å². The highest BCUT2D eigenvalue weighted by molar-refractivity contribution is 5.97. The fourth-order valence-corrected chi connectivity index (χ4v) is 3.38. The van der Waals surface area contributed by atoms with E-state index in [1.54, 1.807) is 29.2 Å². The van der Waals surface area contributed by atoms with Gasteiger partial charge in [-0.15, -0.1) is 0 Å². The number of rotatable bonds is 6. The second-order valence-electron chi connectivity index (χ2n) is 7.20. The summed E-state index contributed by atoms with van der Waals surface area (Å²) in [6.45, 7) is 2.71. The van der Waals surface area contributed by atoms with E-state index in [2.05, 4.69) is 15.7 Å². The van der Waals surface area contributed by atoms with Crippen LogP contribution in [0.4, 0.5) is 10.5 Å². The Morgan fingerprint density at radius 3 is 2.61 bits per heavy atom. The lowest BCUT2D eigenvalue weighted by Gasteiger charge is -2.27. The number of aromatic nitrogens is 2. The van der Waals surface area contributed by atoms with E-state index in [-0.39, 0.29) is 11.9 Å². The van der Waals surface area contributed by atoms with Crippen LogP contribution < -0.4 is 10.6 Å². The largest absolute Gasteiger partial charge is 0.378 e. The van der Waals surface area contributed by atoms with Gasteiger partial charge in [0.2, 0.25) is 0 Å². The van der Waals surface area contributed by atoms with E-state index in [1.165, 1.54) is 0 Å². The number of nitrogens with zero attached hydrogens (tertiary/aromatic N) is 3. The van der Waals surface area contributed by atoms with Gasteiger partial charge >= 0.3 is 6.03 Å². The van der Waals surface area contributed by atoms with Gasteiger partial charge in [-0.3, -0.25) is 4.79 Å². The van der Waals surface area contributed by atoms with Gasteiger partial charge in [0.15, 0.2) is 0 Å². The molecule has 4 rings (SSSR count). The smallest absolute Gasteiger partial charge is 0.319 e. The maximum Gasteiger partial charge on any atom is 0.319 e. The van der Waals surface area contributed by atoms with Crippen molar-refractivity contribution in [1.82, 2.24) is 20.0 Å². The maximum atomic E-state index is 12.6. The molecule has 0 unspecified atom stereocenters. The third-order valence-corrected chi connectivity index (χ3v) is 5.00. The quantitative estimate of drug-likeness (QED) is 0.643. The molecule has 3 aromatic rings. The third-order valence-electron chi connectivity index (χ3n) is 5.00. The van der Waals surface area contributed by atoms with E-state index in [1.807, 2.05) is 47.3 Å². The number of nitrogens with one attached hydrogen (secondary N) is 2. The van der Waals surface area contributed by atoms with Gasteiger partial charge in [-0.1, -0.05) is 24.3 Å². The molecule has 1 fully saturated rings. The summed E-state index contributed by atoms with van der Waals surface area (Å²) in [5.41, 5.74) is 3.00. The Hall–Kier alpha value is -3.65. The van der Waals surface area contributed by atoms with Crippen LogP contribution in [-0.4, -0.2) is 59.5 Å². The predicted molar refractivity (Wildman–Crippen MR) is 117 cm³/mol. The highest BCUT2D eigenvalue weighted by atomic mass is 16.5. The molecule has 1 saturated heterocycles. The number of hydrogen-bond acceptors (Lipinski definition) is 4. The fourth-order valence-electron chi connectivity index (χ4n) is 3.38. The van der Waals surface area contributed by atoms with E-state index in [0.717, 1.165) is 11.4 Å². The van der Waals surface area contributed by atoms with Crippen LogP contribution in [0, 0.1) is 0 Å². The summed E-state index contributed by atoms with van der Waals surface area (Å²) in [5, 5.41) is 10.1. The van der Waals surface area contributed by atoms with Crippen molar-refractivity contribution in [3.8, 4) is 5.69 Å². The van der Waals surface area contributed by atoms with E-state index in [4.69, 9.17) is 4.74 Å². The first-order chi connectivity index (χ1) is 15.2. The number of hydrogen-bond donors (Lipinski definition) is 2. The Morgan fingerprint density at radius 2 is 1.81 bits per heavy atom. The molecule has 1 aliphatic rings. The van der Waals surface area contributed by atoms with Crippen LogP contribution in [0.1, 0.15) is 16.1 Å². The first kappa shape index (κ1) is 20.6. The first-order valence-corrected chi connectivity index (χ1v) is 10.3. The van der Waals surface area contributed by atoms with E-state index >= 15 is 0 Å². The van der Waals surface area contributed by atoms with E-state index in [9.17, 15) is 9.59 Å². The number of morpholine rings is 1. The highest BCUT2D eigenvalue weighted by Gasteiger charge is 2.18. The molecule has 8 heteroatoms. The lowest BCUT2D eigenvalue weighted by Crippen LogP contribution is -2.40. The van der Waals surface area contributed by atoms with Gasteiger partial charge in [0, 0.05) is 43.5 Å². The maximum absolute atomic E-state index is 12.6. The monoisotopic (exact) mass is 419 g/mol. The number of carbonyl (C=O) groups excluding carboxylic acids is 2. The molecule has 2 N–H and O–H groups in total. The molecule has 160 valence electrons. The van der Waals surface area contributed by atoms with Gasteiger partial charge < -0.3 is 20.3 Å². The molecule has 1 aliphatic heterocycles. The second-order valence-corrected chi connectivity index (χ2v) is 7.20. The SMILES string of the molecule is O=C(NCCc1ccn(-c2ccccc2)n1)Nc1cccc(C(=O)N2CCOCC2)c1. The summed E-state index contributed by atoms with van der Waals surface area (Å²) >= 11 is 0. The number of anilines is 1. The van der Waals surface area contributed by atoms with Crippen molar-refractivity contribution >= 4 is 17.6 Å². The van der Waals surface area contributed by atoms with Crippen molar-refractivity contribution in [3.63, 3.8) is 0 Å². The average Bonchev–Trinajstić information content (AvgIpc) is 3.29. The number of benzene rings is 2. The van der Waals surface area contributed by atoms with Gasteiger partial charge in [-0.2, -0.15) is 5.10 Å². The predicted octanol–water partition coefficient (Wildman–Crippen LogP) is 2.71. The zero-order valence-electron chi connectivity index (χ0n) is 17.2. The average molecular weight is 419 g/mol. The van der Waals surface area contributed by atoms with Crippen molar-refractivity contribution in [2.45, 2.75) is 6.42 Å². The van der Waals surface area contributed by atoms with Crippen LogP contribution in [-0.2, 0) is 11.2 Å². The van der Waals surface area contributed by atoms with Crippen molar-refractivity contribution in [3.05, 3.63) is 78.1 Å². The third kappa shape index (κ3) is 5.49. The summed E-state index contributed by atoms with van der Waals surface area (Å²) in [7, 11) is 0. The molecular formula is C23H25N5O3. The van der Waals surface area contributed by atoms with Crippen LogP contribution >= 0.6 is 0 Å². The van der Waals surface area contributed by atoms with Crippen molar-refractivity contribution in [1.29, 1.82) is 0 Å². The van der Waals surface area contributed by atoms with Crippen LogP contribution in [0.3, 0.4) is 0 Å². The zero-order chi connectivity index (χ0) is 21.5. The lowest BCUT2D eigenvalue weighted by molar-refractivity contribution is 0.0303. The van der Waals surface area contributed by atoms with Crippen LogP contribution in [0.15, 0.2) is 66.9 Å². The molecule has 1 aromatic heterocycles. The minimum absolute atomic E-state index is 0.0543. The molecular weight excluding hydrogens is 394 g/mol. The van der Waals surface area contributed by atoms with Crippen molar-refractivity contribution in [2.75, 3.05) is 38.2 Å². The van der Waals surface area contributed by atoms with Gasteiger partial charge in [-0.25, -0.2) is 9.48 Å². The number of urea groups is 1. The number of para-hydroxylation sites is 1. The Balaban J connectivity index is 1.26. The molecule has 0 spiro atoms. The lowest BCUT2D eigenvalue weighted by atomic mass is 10.1. The number of ether oxygens (including phenoxy) is 1. The summed E-state index contributed by atoms with van der Waals surface area (Å²) in [5.74, 6) is -0.0543. The fraction of sp³-hybridized carbons (Fsp3) is 0.261. The van der Waals surface area contributed by atoms with Crippen LogP contribution in [0.2, 0.25) is 0 Å². The van der Waals surface area contributed by atoms with Crippen molar-refractivity contribution < 1.29 is 14.3 Å². The van der Waals surface area contributed by atoms with Gasteiger partial charge in [0.25, 0.3) is 5.91 Å². The van der Waals surface area contributed by atoms with Crippen LogP contribution in [0.5, 0.6) is 0 Å². The summed E-state index contributed by atoms with van der Waals surface area (Å²) < 4.78 is 7.10. The Morgan fingerprint density at radius 1 is 1.00 bits per heavy atom. The molecule has 2 heterocycles. The highest BCUT2D eigenvalue weighted by Crippen LogP contribution is 2.14. The Bertz CT molecular complexity index is 1030. The molecule has 0 saturated carbocycles. The van der Waals surface area contributed by atoms with E-state index in [0.29, 0.717) is 50.5 Å². The molecule has 31 heavy (non-hydrogen) atoms. The molecule has 2 aromatic carbocycles. The minimum Gasteiger partial charge on any atom is -0.378 e.